The summed E-state index contributed by atoms with van der Waals surface area (Å²) in [6, 6.07) is 0. The molecule has 0 amide bonds. The molecule has 0 aromatic rings. The number of allylic oxidation sites excluding steroid dienone is 2. The van der Waals surface area contributed by atoms with Gasteiger partial charge in [-0.15, -0.1) is 0 Å². The summed E-state index contributed by atoms with van der Waals surface area (Å²) in [4.78, 5) is 27.0. The minimum atomic E-state index is -0.477. The predicted octanol–water partition coefficient (Wildman–Crippen LogP) is 1.75. The van der Waals surface area contributed by atoms with Gasteiger partial charge in [-0.3, -0.25) is 9.59 Å². The Morgan fingerprint density at radius 1 is 0.704 bits per heavy atom. The van der Waals surface area contributed by atoms with Gasteiger partial charge in [0.25, 0.3) is 0 Å². The molecule has 12 fully saturated rings. The molecule has 27 heavy (non-hydrogen) atoms. The van der Waals surface area contributed by atoms with Crippen LogP contribution in [0.25, 0.3) is 0 Å². The molecular formula is C23H22O4. The largest absolute Gasteiger partial charge is 0.392 e. The molecule has 12 bridgehead atoms. The summed E-state index contributed by atoms with van der Waals surface area (Å²) < 4.78 is 11.7. The molecule has 11 aliphatic carbocycles. The fraction of sp³-hybridized carbons (Fsp3) is 0.826. The average Bonchev–Trinajstić information content (AvgIpc) is 3.42. The summed E-state index contributed by atoms with van der Waals surface area (Å²) in [6.45, 7) is 1.92. The molecule has 2 saturated heterocycles. The Hall–Kier alpha value is -1.16. The van der Waals surface area contributed by atoms with E-state index in [2.05, 4.69) is 12.2 Å². The zero-order valence-corrected chi connectivity index (χ0v) is 15.0. The molecule has 4 nitrogen and oxygen atoms in total. The highest BCUT2D eigenvalue weighted by Gasteiger charge is 2.99. The van der Waals surface area contributed by atoms with Crippen LogP contribution >= 0.6 is 0 Å². The van der Waals surface area contributed by atoms with Crippen LogP contribution in [0.5, 0.6) is 0 Å². The molecule has 13 aliphatic rings. The van der Waals surface area contributed by atoms with Crippen LogP contribution < -0.4 is 0 Å². The molecule has 16 atom stereocenters. The van der Waals surface area contributed by atoms with E-state index in [1.165, 1.54) is 0 Å². The van der Waals surface area contributed by atoms with E-state index in [4.69, 9.17) is 9.47 Å². The van der Waals surface area contributed by atoms with Crippen molar-refractivity contribution in [3.8, 4) is 0 Å². The van der Waals surface area contributed by atoms with Crippen molar-refractivity contribution in [1.82, 2.24) is 0 Å². The molecule has 0 spiro atoms. The van der Waals surface area contributed by atoms with E-state index in [1.807, 2.05) is 0 Å². The van der Waals surface area contributed by atoms with Gasteiger partial charge in [0.05, 0.1) is 24.0 Å². The molecule has 0 unspecified atom stereocenters. The number of hydrogen-bond acceptors (Lipinski definition) is 4. The van der Waals surface area contributed by atoms with Crippen molar-refractivity contribution in [3.63, 3.8) is 0 Å². The van der Waals surface area contributed by atoms with Crippen LogP contribution in [0.3, 0.4) is 0 Å². The first-order valence-corrected chi connectivity index (χ1v) is 11.3. The van der Waals surface area contributed by atoms with Crippen molar-refractivity contribution in [2.24, 2.45) is 93.7 Å². The quantitative estimate of drug-likeness (QED) is 0.374. The van der Waals surface area contributed by atoms with Gasteiger partial charge in [-0.05, 0) is 89.3 Å². The van der Waals surface area contributed by atoms with Gasteiger partial charge in [0, 0.05) is 0 Å². The second-order valence-corrected chi connectivity index (χ2v) is 11.8. The highest BCUT2D eigenvalue weighted by atomic mass is 16.6. The number of rotatable bonds is 0. The Morgan fingerprint density at radius 3 is 1.70 bits per heavy atom. The molecule has 0 aromatic heterocycles. The normalized spacial score (nSPS) is 78.4. The lowest BCUT2D eigenvalue weighted by molar-refractivity contribution is -0.226. The SMILES string of the molecule is O=C1OC(=O)[C@]23[C@H]4[C@@H]5[C@@H]6[C@@H]7[C@H]8COC[C@H]8[C@H]8[C@@H]6[C@@H]5[C@H]([C@H]8[C@H]74)[C@]12[C@@H]1C=C[C@H]3C1. The average molecular weight is 362 g/mol. The van der Waals surface area contributed by atoms with Gasteiger partial charge < -0.3 is 9.47 Å². The maximum Gasteiger partial charge on any atom is 0.321 e. The summed E-state index contributed by atoms with van der Waals surface area (Å²) in [6.07, 6.45) is 5.64. The number of cyclic esters (lactones) is 2. The molecule has 0 N–H and O–H groups in total. The predicted molar refractivity (Wildman–Crippen MR) is 89.4 cm³/mol. The van der Waals surface area contributed by atoms with Crippen LogP contribution in [0.2, 0.25) is 0 Å². The fourth-order valence-electron chi connectivity index (χ4n) is 13.3. The minimum absolute atomic E-state index is 0.109. The maximum atomic E-state index is 13.5. The summed E-state index contributed by atoms with van der Waals surface area (Å²) in [5, 5.41) is 0. The van der Waals surface area contributed by atoms with Crippen molar-refractivity contribution >= 4 is 11.9 Å². The number of hydrogen-bond donors (Lipinski definition) is 0. The smallest absolute Gasteiger partial charge is 0.321 e. The molecule has 2 aliphatic heterocycles. The third-order valence-corrected chi connectivity index (χ3v) is 12.7. The lowest BCUT2D eigenvalue weighted by Gasteiger charge is -2.67. The van der Waals surface area contributed by atoms with E-state index in [0.29, 0.717) is 23.7 Å². The molecule has 0 aromatic carbocycles. The van der Waals surface area contributed by atoms with Gasteiger partial charge in [0.15, 0.2) is 0 Å². The Bertz CT molecular complexity index is 882. The standard InChI is InChI=1S/C23H22O4/c24-20-22-6-1-2-7(3-6)23(22,21(25)27-20)19-15-11-9-5-26-4-8(9)10-12-13(11)17(19)16(12)18(22)14(10)15/h1-2,6-19H,3-5H2/t6-,7+,8-,9+,10-,11-,12+,13-,14-,15+,16+,17-,18+,19-,22-,23+/m0/s1. The number of carbonyl (C=O) groups excluding carboxylic acids is 2. The van der Waals surface area contributed by atoms with Crippen LogP contribution in [-0.4, -0.2) is 25.2 Å². The summed E-state index contributed by atoms with van der Waals surface area (Å²) in [5.41, 5.74) is -0.953. The highest BCUT2D eigenvalue weighted by molar-refractivity contribution is 6.05. The molecule has 2 heterocycles. The van der Waals surface area contributed by atoms with Crippen molar-refractivity contribution < 1.29 is 19.1 Å². The lowest BCUT2D eigenvalue weighted by atomic mass is 9.32. The van der Waals surface area contributed by atoms with E-state index >= 15 is 0 Å². The van der Waals surface area contributed by atoms with E-state index < -0.39 is 10.8 Å². The van der Waals surface area contributed by atoms with Gasteiger partial charge in [-0.1, -0.05) is 12.2 Å². The third kappa shape index (κ3) is 0.805. The van der Waals surface area contributed by atoms with Crippen LogP contribution in [0.4, 0.5) is 0 Å². The van der Waals surface area contributed by atoms with Crippen LogP contribution in [0, 0.1) is 93.7 Å². The summed E-state index contributed by atoms with van der Waals surface area (Å²) in [5.74, 6) is 8.76. The van der Waals surface area contributed by atoms with Gasteiger partial charge in [0.2, 0.25) is 0 Å². The minimum Gasteiger partial charge on any atom is -0.392 e. The van der Waals surface area contributed by atoms with Crippen molar-refractivity contribution in [3.05, 3.63) is 12.2 Å². The maximum absolute atomic E-state index is 13.5. The van der Waals surface area contributed by atoms with Gasteiger partial charge in [-0.2, -0.15) is 0 Å². The highest BCUT2D eigenvalue weighted by Crippen LogP contribution is 2.96. The lowest BCUT2D eigenvalue weighted by Crippen LogP contribution is -2.71. The molecular weight excluding hydrogens is 340 g/mol. The van der Waals surface area contributed by atoms with Gasteiger partial charge >= 0.3 is 11.9 Å². The molecule has 4 heteroatoms. The number of ether oxygens (including phenoxy) is 2. The second-order valence-electron chi connectivity index (χ2n) is 11.8. The topological polar surface area (TPSA) is 52.6 Å². The molecule has 10 saturated carbocycles. The van der Waals surface area contributed by atoms with Crippen molar-refractivity contribution in [1.29, 1.82) is 0 Å². The van der Waals surface area contributed by atoms with Crippen molar-refractivity contribution in [2.45, 2.75) is 6.42 Å². The van der Waals surface area contributed by atoms with Gasteiger partial charge in [0.1, 0.15) is 0 Å². The van der Waals surface area contributed by atoms with Gasteiger partial charge in [-0.25, -0.2) is 0 Å². The Labute approximate surface area is 157 Å². The molecule has 13 rings (SSSR count). The Balaban J connectivity index is 1.34. The first-order valence-electron chi connectivity index (χ1n) is 11.3. The van der Waals surface area contributed by atoms with E-state index in [0.717, 1.165) is 67.0 Å². The second kappa shape index (κ2) is 3.26. The monoisotopic (exact) mass is 362 g/mol. The number of esters is 2. The summed E-state index contributed by atoms with van der Waals surface area (Å²) in [7, 11) is 0. The zero-order chi connectivity index (χ0) is 17.2. The Kier molecular flexibility index (Phi) is 1.58. The number of fused-ring (bicyclic) bond motifs is 2. The van der Waals surface area contributed by atoms with E-state index in [1.54, 1.807) is 0 Å². The van der Waals surface area contributed by atoms with E-state index in [-0.39, 0.29) is 23.8 Å². The summed E-state index contributed by atoms with van der Waals surface area (Å²) >= 11 is 0. The molecule has 138 valence electrons. The fourth-order valence-corrected chi connectivity index (χ4v) is 13.3. The number of carbonyl (C=O) groups is 2. The first-order chi connectivity index (χ1) is 13.2. The van der Waals surface area contributed by atoms with Crippen LogP contribution in [0.1, 0.15) is 6.42 Å². The third-order valence-electron chi connectivity index (χ3n) is 12.7. The zero-order valence-electron chi connectivity index (χ0n) is 15.0. The molecule has 0 radical (unpaired) electrons. The van der Waals surface area contributed by atoms with Crippen LogP contribution in [0.15, 0.2) is 12.2 Å². The van der Waals surface area contributed by atoms with Crippen LogP contribution in [-0.2, 0) is 19.1 Å². The van der Waals surface area contributed by atoms with E-state index in [9.17, 15) is 9.59 Å². The first kappa shape index (κ1) is 13.1. The Morgan fingerprint density at radius 2 is 1.19 bits per heavy atom. The van der Waals surface area contributed by atoms with Crippen molar-refractivity contribution in [2.75, 3.05) is 13.2 Å².